The van der Waals surface area contributed by atoms with E-state index in [1.807, 2.05) is 18.2 Å². The van der Waals surface area contributed by atoms with Crippen LogP contribution in [0, 0.1) is 11.3 Å². The third-order valence-electron chi connectivity index (χ3n) is 2.50. The highest BCUT2D eigenvalue weighted by Crippen LogP contribution is 2.27. The standard InChI is InChI=1S/C11H11ClN2/c12-10(7-13)8-14-6-5-9-3-1-2-4-11(9)14/h1-4,10H,5-6,8H2. The second-order valence-corrected chi connectivity index (χ2v) is 3.95. The molecule has 0 saturated carbocycles. The first kappa shape index (κ1) is 9.36. The van der Waals surface area contributed by atoms with Crippen LogP contribution in [0.5, 0.6) is 0 Å². The molecule has 0 amide bonds. The summed E-state index contributed by atoms with van der Waals surface area (Å²) in [6, 6.07) is 10.3. The molecule has 2 nitrogen and oxygen atoms in total. The summed E-state index contributed by atoms with van der Waals surface area (Å²) in [6.45, 7) is 1.60. The molecule has 1 aliphatic heterocycles. The summed E-state index contributed by atoms with van der Waals surface area (Å²) < 4.78 is 0. The topological polar surface area (TPSA) is 27.0 Å². The van der Waals surface area contributed by atoms with Gasteiger partial charge < -0.3 is 4.90 Å². The minimum Gasteiger partial charge on any atom is -0.368 e. The average Bonchev–Trinajstić information content (AvgIpc) is 2.62. The zero-order valence-corrected chi connectivity index (χ0v) is 8.54. The molecule has 72 valence electrons. The number of hydrogen-bond donors (Lipinski definition) is 0. The normalized spacial score (nSPS) is 16.1. The number of halogens is 1. The molecule has 3 heteroatoms. The quantitative estimate of drug-likeness (QED) is 0.694. The van der Waals surface area contributed by atoms with Crippen LogP contribution in [0.3, 0.4) is 0 Å². The maximum atomic E-state index is 8.63. The van der Waals surface area contributed by atoms with Crippen LogP contribution in [-0.2, 0) is 6.42 Å². The van der Waals surface area contributed by atoms with Crippen LogP contribution in [0.1, 0.15) is 5.56 Å². The van der Waals surface area contributed by atoms with E-state index < -0.39 is 5.38 Å². The van der Waals surface area contributed by atoms with Crippen molar-refractivity contribution in [2.24, 2.45) is 0 Å². The molecule has 0 radical (unpaired) electrons. The van der Waals surface area contributed by atoms with E-state index in [-0.39, 0.29) is 0 Å². The van der Waals surface area contributed by atoms with Gasteiger partial charge in [-0.2, -0.15) is 5.26 Å². The highest BCUT2D eigenvalue weighted by molar-refractivity contribution is 6.22. The van der Waals surface area contributed by atoms with Crippen molar-refractivity contribution in [1.82, 2.24) is 0 Å². The Balaban J connectivity index is 2.15. The van der Waals surface area contributed by atoms with Gasteiger partial charge in [-0.15, -0.1) is 11.6 Å². The number of hydrogen-bond acceptors (Lipinski definition) is 2. The van der Waals surface area contributed by atoms with Gasteiger partial charge in [0.15, 0.2) is 0 Å². The van der Waals surface area contributed by atoms with Crippen LogP contribution in [0.15, 0.2) is 24.3 Å². The Morgan fingerprint density at radius 1 is 1.50 bits per heavy atom. The van der Waals surface area contributed by atoms with Crippen LogP contribution in [0.25, 0.3) is 0 Å². The molecule has 0 spiro atoms. The zero-order valence-electron chi connectivity index (χ0n) is 7.78. The van der Waals surface area contributed by atoms with Crippen LogP contribution < -0.4 is 4.90 Å². The number of benzene rings is 1. The Bertz CT molecular complexity index is 370. The van der Waals surface area contributed by atoms with E-state index in [1.165, 1.54) is 11.3 Å². The molecule has 1 unspecified atom stereocenters. The number of anilines is 1. The number of nitriles is 1. The molecule has 0 fully saturated rings. The van der Waals surface area contributed by atoms with Gasteiger partial charge in [0.05, 0.1) is 6.07 Å². The maximum absolute atomic E-state index is 8.63. The molecule has 1 aliphatic rings. The summed E-state index contributed by atoms with van der Waals surface area (Å²) in [7, 11) is 0. The van der Waals surface area contributed by atoms with E-state index in [0.717, 1.165) is 13.0 Å². The molecular formula is C11H11ClN2. The summed E-state index contributed by atoms with van der Waals surface area (Å²) in [5, 5.41) is 8.22. The van der Waals surface area contributed by atoms with E-state index in [9.17, 15) is 0 Å². The van der Waals surface area contributed by atoms with Gasteiger partial charge in [0.25, 0.3) is 0 Å². The van der Waals surface area contributed by atoms with E-state index in [2.05, 4.69) is 17.0 Å². The third-order valence-corrected chi connectivity index (χ3v) is 2.74. The summed E-state index contributed by atoms with van der Waals surface area (Å²) in [6.07, 6.45) is 1.06. The van der Waals surface area contributed by atoms with Crippen molar-refractivity contribution in [1.29, 1.82) is 5.26 Å². The minimum atomic E-state index is -0.416. The summed E-state index contributed by atoms with van der Waals surface area (Å²) in [4.78, 5) is 2.18. The van der Waals surface area contributed by atoms with E-state index in [0.29, 0.717) is 6.54 Å². The average molecular weight is 207 g/mol. The molecule has 0 bridgehead atoms. The monoisotopic (exact) mass is 206 g/mol. The van der Waals surface area contributed by atoms with E-state index >= 15 is 0 Å². The predicted octanol–water partition coefficient (Wildman–Crippen LogP) is 2.18. The number of rotatable bonds is 2. The predicted molar refractivity (Wildman–Crippen MR) is 57.6 cm³/mol. The van der Waals surface area contributed by atoms with Crippen molar-refractivity contribution >= 4 is 17.3 Å². The highest BCUT2D eigenvalue weighted by atomic mass is 35.5. The summed E-state index contributed by atoms with van der Waals surface area (Å²) in [5.74, 6) is 0. The molecule has 0 N–H and O–H groups in total. The van der Waals surface area contributed by atoms with Crippen LogP contribution in [0.2, 0.25) is 0 Å². The van der Waals surface area contributed by atoms with Crippen molar-refractivity contribution in [3.8, 4) is 6.07 Å². The van der Waals surface area contributed by atoms with Crippen LogP contribution >= 0.6 is 11.6 Å². The molecule has 1 atom stereocenters. The fourth-order valence-corrected chi connectivity index (χ4v) is 2.00. The SMILES string of the molecule is N#CC(Cl)CN1CCc2ccccc21. The van der Waals surface area contributed by atoms with Crippen molar-refractivity contribution in [2.45, 2.75) is 11.8 Å². The largest absolute Gasteiger partial charge is 0.368 e. The third kappa shape index (κ3) is 1.69. The smallest absolute Gasteiger partial charge is 0.137 e. The first-order chi connectivity index (χ1) is 6.81. The molecule has 0 saturated heterocycles. The zero-order chi connectivity index (χ0) is 9.97. The number of nitrogens with zero attached hydrogens (tertiary/aromatic N) is 2. The van der Waals surface area contributed by atoms with E-state index in [4.69, 9.17) is 16.9 Å². The van der Waals surface area contributed by atoms with Crippen molar-refractivity contribution in [3.05, 3.63) is 29.8 Å². The van der Waals surface area contributed by atoms with Crippen LogP contribution in [-0.4, -0.2) is 18.5 Å². The van der Waals surface area contributed by atoms with Gasteiger partial charge in [-0.25, -0.2) is 0 Å². The fourth-order valence-electron chi connectivity index (χ4n) is 1.83. The molecule has 1 aromatic rings. The number of alkyl halides is 1. The van der Waals surface area contributed by atoms with Gasteiger partial charge in [-0.3, -0.25) is 0 Å². The van der Waals surface area contributed by atoms with Gasteiger partial charge in [0.1, 0.15) is 5.38 Å². The minimum absolute atomic E-state index is 0.416. The molecule has 14 heavy (non-hydrogen) atoms. The lowest BCUT2D eigenvalue weighted by atomic mass is 10.2. The second-order valence-electron chi connectivity index (χ2n) is 3.42. The Morgan fingerprint density at radius 2 is 2.29 bits per heavy atom. The van der Waals surface area contributed by atoms with Gasteiger partial charge >= 0.3 is 0 Å². The van der Waals surface area contributed by atoms with E-state index in [1.54, 1.807) is 0 Å². The summed E-state index contributed by atoms with van der Waals surface area (Å²) >= 11 is 5.81. The summed E-state index contributed by atoms with van der Waals surface area (Å²) in [5.41, 5.74) is 2.59. The molecule has 0 aromatic heterocycles. The number of para-hydroxylation sites is 1. The van der Waals surface area contributed by atoms with Gasteiger partial charge in [-0.05, 0) is 18.1 Å². The molecular weight excluding hydrogens is 196 g/mol. The first-order valence-electron chi connectivity index (χ1n) is 4.68. The number of fused-ring (bicyclic) bond motifs is 1. The maximum Gasteiger partial charge on any atom is 0.137 e. The Morgan fingerprint density at radius 3 is 3.07 bits per heavy atom. The fraction of sp³-hybridized carbons (Fsp3) is 0.364. The lowest BCUT2D eigenvalue weighted by molar-refractivity contribution is 0.835. The van der Waals surface area contributed by atoms with Crippen molar-refractivity contribution < 1.29 is 0 Å². The van der Waals surface area contributed by atoms with Gasteiger partial charge in [0, 0.05) is 18.8 Å². The van der Waals surface area contributed by atoms with Crippen molar-refractivity contribution in [2.75, 3.05) is 18.0 Å². The lowest BCUT2D eigenvalue weighted by Crippen LogP contribution is -2.27. The molecule has 2 rings (SSSR count). The van der Waals surface area contributed by atoms with Crippen LogP contribution in [0.4, 0.5) is 5.69 Å². The second kappa shape index (κ2) is 3.89. The van der Waals surface area contributed by atoms with Crippen molar-refractivity contribution in [3.63, 3.8) is 0 Å². The Kier molecular flexibility index (Phi) is 2.60. The Labute approximate surface area is 88.7 Å². The highest BCUT2D eigenvalue weighted by Gasteiger charge is 2.20. The lowest BCUT2D eigenvalue weighted by Gasteiger charge is -2.19. The first-order valence-corrected chi connectivity index (χ1v) is 5.11. The molecule has 1 aromatic carbocycles. The van der Waals surface area contributed by atoms with Gasteiger partial charge in [-0.1, -0.05) is 18.2 Å². The van der Waals surface area contributed by atoms with Gasteiger partial charge in [0.2, 0.25) is 0 Å². The molecule has 1 heterocycles. The Hall–Kier alpha value is -1.20. The molecule has 0 aliphatic carbocycles.